The van der Waals surface area contributed by atoms with Gasteiger partial charge in [0.25, 0.3) is 5.91 Å². The van der Waals surface area contributed by atoms with Gasteiger partial charge in [-0.15, -0.1) is 0 Å². The lowest BCUT2D eigenvalue weighted by Crippen LogP contribution is -2.15. The fourth-order valence-electron chi connectivity index (χ4n) is 1.89. The van der Waals surface area contributed by atoms with Crippen LogP contribution in [0.5, 0.6) is 0 Å². The van der Waals surface area contributed by atoms with Crippen molar-refractivity contribution in [3.63, 3.8) is 0 Å². The number of para-hydroxylation sites is 1. The van der Waals surface area contributed by atoms with E-state index in [-0.39, 0.29) is 5.91 Å². The highest BCUT2D eigenvalue weighted by molar-refractivity contribution is 14.1. The molecule has 2 N–H and O–H groups in total. The topological polar surface area (TPSA) is 49.3 Å². The number of nitrogens with one attached hydrogen (secondary N) is 1. The first kappa shape index (κ1) is 16.5. The van der Waals surface area contributed by atoms with Crippen LogP contribution in [0, 0.1) is 3.57 Å². The molecule has 0 aliphatic rings. The van der Waals surface area contributed by atoms with E-state index in [2.05, 4.69) is 5.32 Å². The van der Waals surface area contributed by atoms with E-state index in [9.17, 15) is 9.90 Å². The summed E-state index contributed by atoms with van der Waals surface area (Å²) in [5.74, 6) is -0.322. The molecule has 1 atom stereocenters. The summed E-state index contributed by atoms with van der Waals surface area (Å²) in [4.78, 5) is 12.4. The van der Waals surface area contributed by atoms with Gasteiger partial charge in [0.2, 0.25) is 0 Å². The molecule has 0 radical (unpaired) electrons. The summed E-state index contributed by atoms with van der Waals surface area (Å²) in [6, 6.07) is 10.2. The van der Waals surface area contributed by atoms with Crippen LogP contribution in [0.25, 0.3) is 0 Å². The van der Waals surface area contributed by atoms with Crippen LogP contribution >= 0.6 is 45.8 Å². The van der Waals surface area contributed by atoms with E-state index in [0.717, 1.165) is 0 Å². The number of amides is 1. The van der Waals surface area contributed by atoms with Gasteiger partial charge in [-0.05, 0) is 47.7 Å². The molecule has 2 aromatic rings. The molecule has 0 aliphatic carbocycles. The minimum atomic E-state index is -0.677. The Morgan fingerprint density at radius 3 is 2.62 bits per heavy atom. The molecule has 0 saturated heterocycles. The van der Waals surface area contributed by atoms with Crippen molar-refractivity contribution in [1.29, 1.82) is 0 Å². The molecule has 0 bridgehead atoms. The van der Waals surface area contributed by atoms with Gasteiger partial charge in [0.05, 0.1) is 16.7 Å². The fraction of sp³-hybridized carbons (Fsp3) is 0.133. The van der Waals surface area contributed by atoms with Crippen LogP contribution in [-0.4, -0.2) is 11.0 Å². The van der Waals surface area contributed by atoms with E-state index in [0.29, 0.717) is 30.4 Å². The van der Waals surface area contributed by atoms with Crippen molar-refractivity contribution >= 4 is 57.4 Å². The Balaban J connectivity index is 2.35. The van der Waals surface area contributed by atoms with Gasteiger partial charge in [-0.2, -0.15) is 0 Å². The van der Waals surface area contributed by atoms with Gasteiger partial charge in [0.1, 0.15) is 0 Å². The van der Waals surface area contributed by atoms with E-state index in [1.165, 1.54) is 0 Å². The fourth-order valence-corrected chi connectivity index (χ4v) is 2.94. The third kappa shape index (κ3) is 3.88. The minimum absolute atomic E-state index is 0.322. The molecule has 1 unspecified atom stereocenters. The Kier molecular flexibility index (Phi) is 5.48. The second-order valence-corrected chi connectivity index (χ2v) is 6.39. The lowest BCUT2D eigenvalue weighted by molar-refractivity contribution is 0.102. The lowest BCUT2D eigenvalue weighted by atomic mass is 10.1. The average molecular weight is 436 g/mol. The highest BCUT2D eigenvalue weighted by atomic mass is 127. The normalized spacial score (nSPS) is 12.0. The summed E-state index contributed by atoms with van der Waals surface area (Å²) in [6.45, 7) is 1.64. The number of aliphatic hydroxyl groups excluding tert-OH is 1. The Labute approximate surface area is 146 Å². The number of carbonyl (C=O) groups excluding carboxylic acids is 1. The monoisotopic (exact) mass is 435 g/mol. The molecule has 2 aromatic carbocycles. The highest BCUT2D eigenvalue weighted by Gasteiger charge is 2.16. The molecule has 6 heteroatoms. The number of halogens is 3. The van der Waals surface area contributed by atoms with Crippen molar-refractivity contribution in [2.75, 3.05) is 5.32 Å². The molecule has 0 saturated carbocycles. The predicted molar refractivity (Wildman–Crippen MR) is 94.2 cm³/mol. The van der Waals surface area contributed by atoms with Gasteiger partial charge >= 0.3 is 0 Å². The van der Waals surface area contributed by atoms with Gasteiger partial charge in [-0.1, -0.05) is 41.4 Å². The summed E-state index contributed by atoms with van der Waals surface area (Å²) in [5.41, 5.74) is 1.60. The van der Waals surface area contributed by atoms with Crippen LogP contribution in [0.15, 0.2) is 36.4 Å². The van der Waals surface area contributed by atoms with E-state index < -0.39 is 6.10 Å². The first-order chi connectivity index (χ1) is 9.90. The first-order valence-corrected chi connectivity index (χ1v) is 7.96. The quantitative estimate of drug-likeness (QED) is 0.531. The van der Waals surface area contributed by atoms with Gasteiger partial charge in [0, 0.05) is 19.8 Å². The molecule has 3 nitrogen and oxygen atoms in total. The zero-order valence-electron chi connectivity index (χ0n) is 11.0. The molecule has 2 rings (SSSR count). The number of rotatable bonds is 3. The Hall–Kier alpha value is -0.820. The van der Waals surface area contributed by atoms with Crippen LogP contribution in [0.2, 0.25) is 10.0 Å². The van der Waals surface area contributed by atoms with Crippen LogP contribution in [-0.2, 0) is 0 Å². The minimum Gasteiger partial charge on any atom is -0.389 e. The number of benzene rings is 2. The molecule has 21 heavy (non-hydrogen) atoms. The Morgan fingerprint density at radius 2 is 1.95 bits per heavy atom. The Bertz CT molecular complexity index is 689. The van der Waals surface area contributed by atoms with E-state index in [1.54, 1.807) is 43.3 Å². The number of anilines is 1. The average Bonchev–Trinajstić information content (AvgIpc) is 2.43. The number of carbonyl (C=O) groups is 1. The van der Waals surface area contributed by atoms with Crippen molar-refractivity contribution < 1.29 is 9.90 Å². The maximum atomic E-state index is 12.4. The highest BCUT2D eigenvalue weighted by Crippen LogP contribution is 2.28. The SMILES string of the molecule is CC(O)c1ccccc1NC(=O)c1cc(Cl)cc(Cl)c1I. The van der Waals surface area contributed by atoms with Gasteiger partial charge in [-0.25, -0.2) is 0 Å². The van der Waals surface area contributed by atoms with Crippen molar-refractivity contribution in [3.8, 4) is 0 Å². The summed E-state index contributed by atoms with van der Waals surface area (Å²) in [6.07, 6.45) is -0.677. The smallest absolute Gasteiger partial charge is 0.256 e. The molecule has 1 amide bonds. The number of hydrogen-bond donors (Lipinski definition) is 2. The van der Waals surface area contributed by atoms with Crippen molar-refractivity contribution in [3.05, 3.63) is 61.1 Å². The van der Waals surface area contributed by atoms with Crippen molar-refractivity contribution in [1.82, 2.24) is 0 Å². The number of hydrogen-bond acceptors (Lipinski definition) is 2. The van der Waals surface area contributed by atoms with Crippen LogP contribution in [0.3, 0.4) is 0 Å². The molecule has 0 heterocycles. The van der Waals surface area contributed by atoms with E-state index in [4.69, 9.17) is 23.2 Å². The molecular weight excluding hydrogens is 424 g/mol. The van der Waals surface area contributed by atoms with Gasteiger partial charge in [0.15, 0.2) is 0 Å². The van der Waals surface area contributed by atoms with Gasteiger partial charge in [-0.3, -0.25) is 4.79 Å². The third-order valence-corrected chi connectivity index (χ3v) is 4.89. The predicted octanol–water partition coefficient (Wildman–Crippen LogP) is 4.90. The molecule has 0 aromatic heterocycles. The summed E-state index contributed by atoms with van der Waals surface area (Å²) in [7, 11) is 0. The molecule has 0 spiro atoms. The zero-order valence-corrected chi connectivity index (χ0v) is 14.7. The van der Waals surface area contributed by atoms with Crippen LogP contribution in [0.4, 0.5) is 5.69 Å². The van der Waals surface area contributed by atoms with E-state index in [1.807, 2.05) is 22.6 Å². The molecular formula is C15H12Cl2INO2. The zero-order chi connectivity index (χ0) is 15.6. The molecule has 0 aliphatic heterocycles. The van der Waals surface area contributed by atoms with Crippen LogP contribution < -0.4 is 5.32 Å². The van der Waals surface area contributed by atoms with Gasteiger partial charge < -0.3 is 10.4 Å². The Morgan fingerprint density at radius 1 is 1.29 bits per heavy atom. The van der Waals surface area contributed by atoms with Crippen molar-refractivity contribution in [2.45, 2.75) is 13.0 Å². The molecule has 110 valence electrons. The standard InChI is InChI=1S/C15H12Cl2INO2/c1-8(20)10-4-2-3-5-13(10)19-15(21)11-6-9(16)7-12(17)14(11)18/h2-8,20H,1H3,(H,19,21). The molecule has 0 fully saturated rings. The lowest BCUT2D eigenvalue weighted by Gasteiger charge is -2.14. The summed E-state index contributed by atoms with van der Waals surface area (Å²) in [5, 5.41) is 13.3. The number of aliphatic hydroxyl groups is 1. The first-order valence-electron chi connectivity index (χ1n) is 6.13. The van der Waals surface area contributed by atoms with Crippen molar-refractivity contribution in [2.24, 2.45) is 0 Å². The van der Waals surface area contributed by atoms with E-state index >= 15 is 0 Å². The summed E-state index contributed by atoms with van der Waals surface area (Å²) < 4.78 is 0.630. The maximum Gasteiger partial charge on any atom is 0.256 e. The largest absolute Gasteiger partial charge is 0.389 e. The summed E-state index contributed by atoms with van der Waals surface area (Å²) >= 11 is 14.0. The maximum absolute atomic E-state index is 12.4. The second-order valence-electron chi connectivity index (χ2n) is 4.47. The second kappa shape index (κ2) is 6.96. The van der Waals surface area contributed by atoms with Crippen LogP contribution in [0.1, 0.15) is 28.9 Å². The third-order valence-electron chi connectivity index (χ3n) is 2.90.